The van der Waals surface area contributed by atoms with Gasteiger partial charge in [-0.3, -0.25) is 4.79 Å². The van der Waals surface area contributed by atoms with Crippen LogP contribution in [0.4, 0.5) is 8.78 Å². The summed E-state index contributed by atoms with van der Waals surface area (Å²) in [7, 11) is 0. The third kappa shape index (κ3) is 4.24. The molecule has 0 unspecified atom stereocenters. The first kappa shape index (κ1) is 18.2. The number of hydrogen-bond donors (Lipinski definition) is 2. The molecule has 0 spiro atoms. The molecule has 0 bridgehead atoms. The summed E-state index contributed by atoms with van der Waals surface area (Å²) in [5.41, 5.74) is 0.558. The van der Waals surface area contributed by atoms with Crippen LogP contribution in [0.25, 0.3) is 11.1 Å². The fraction of sp³-hybridized carbons (Fsp3) is 0.316. The summed E-state index contributed by atoms with van der Waals surface area (Å²) in [6, 6.07) is 16.1. The largest absolute Gasteiger partial charge is 0.382 e. The van der Waals surface area contributed by atoms with E-state index in [0.29, 0.717) is 0 Å². The van der Waals surface area contributed by atoms with Crippen molar-refractivity contribution in [2.24, 2.45) is 0 Å². The Kier molecular flexibility index (Phi) is 5.80. The van der Waals surface area contributed by atoms with Crippen molar-refractivity contribution in [3.05, 3.63) is 60.2 Å². The molecule has 2 aromatic carbocycles. The minimum atomic E-state index is -3.01. The van der Waals surface area contributed by atoms with E-state index in [0.717, 1.165) is 23.6 Å². The molecule has 2 aromatic rings. The number of Topliss-reactive ketones (excluding diaryl/α,β-unsaturated/α-hetero) is 1. The molecular weight excluding hydrogens is 312 g/mol. The Morgan fingerprint density at radius 3 is 2.12 bits per heavy atom. The van der Waals surface area contributed by atoms with E-state index in [9.17, 15) is 18.7 Å². The molecule has 0 aliphatic carbocycles. The van der Waals surface area contributed by atoms with Crippen LogP contribution >= 0.6 is 0 Å². The van der Waals surface area contributed by atoms with E-state index in [1.807, 2.05) is 54.6 Å². The van der Waals surface area contributed by atoms with Crippen molar-refractivity contribution in [3.8, 4) is 11.1 Å². The Bertz CT molecular complexity index is 670. The van der Waals surface area contributed by atoms with E-state index in [4.69, 9.17) is 0 Å². The third-order valence-corrected chi connectivity index (χ3v) is 4.00. The second kappa shape index (κ2) is 7.64. The van der Waals surface area contributed by atoms with Gasteiger partial charge in [-0.1, -0.05) is 54.6 Å². The predicted molar refractivity (Wildman–Crippen MR) is 89.8 cm³/mol. The van der Waals surface area contributed by atoms with Gasteiger partial charge in [0.15, 0.2) is 0 Å². The Morgan fingerprint density at radius 1 is 1.08 bits per heavy atom. The lowest BCUT2D eigenvalue weighted by Gasteiger charge is -2.31. The summed E-state index contributed by atoms with van der Waals surface area (Å²) in [6.07, 6.45) is -3.01. The molecule has 3 nitrogen and oxygen atoms in total. The SMILES string of the molecule is CC(=O)[C@@H](NCc1ccc(-c2ccccc2)cc1)[C@](C)(O)C(F)F. The maximum absolute atomic E-state index is 12.9. The number of halogens is 2. The van der Waals surface area contributed by atoms with Gasteiger partial charge < -0.3 is 10.4 Å². The minimum absolute atomic E-state index is 0.211. The lowest BCUT2D eigenvalue weighted by atomic mass is 9.93. The first-order valence-electron chi connectivity index (χ1n) is 7.71. The van der Waals surface area contributed by atoms with E-state index >= 15 is 0 Å². The minimum Gasteiger partial charge on any atom is -0.382 e. The van der Waals surface area contributed by atoms with Crippen molar-refractivity contribution in [2.75, 3.05) is 0 Å². The molecule has 5 heteroatoms. The number of alkyl halides is 2. The normalized spacial score (nSPS) is 15.1. The second-order valence-corrected chi connectivity index (χ2v) is 6.01. The molecule has 0 saturated heterocycles. The van der Waals surface area contributed by atoms with E-state index in [-0.39, 0.29) is 6.54 Å². The average molecular weight is 333 g/mol. The van der Waals surface area contributed by atoms with Crippen molar-refractivity contribution in [2.45, 2.75) is 38.5 Å². The van der Waals surface area contributed by atoms with Gasteiger partial charge >= 0.3 is 0 Å². The molecule has 2 N–H and O–H groups in total. The number of hydrogen-bond acceptors (Lipinski definition) is 3. The highest BCUT2D eigenvalue weighted by Crippen LogP contribution is 2.22. The van der Waals surface area contributed by atoms with Gasteiger partial charge in [-0.05, 0) is 30.5 Å². The van der Waals surface area contributed by atoms with Crippen LogP contribution in [-0.2, 0) is 11.3 Å². The molecule has 128 valence electrons. The van der Waals surface area contributed by atoms with E-state index in [1.54, 1.807) is 0 Å². The fourth-order valence-corrected chi connectivity index (χ4v) is 2.55. The molecule has 0 aliphatic heterocycles. The van der Waals surface area contributed by atoms with Gasteiger partial charge in [0, 0.05) is 6.54 Å². The van der Waals surface area contributed by atoms with Crippen molar-refractivity contribution in [3.63, 3.8) is 0 Å². The highest BCUT2D eigenvalue weighted by atomic mass is 19.3. The first-order valence-corrected chi connectivity index (χ1v) is 7.71. The van der Waals surface area contributed by atoms with Crippen molar-refractivity contribution in [1.82, 2.24) is 5.32 Å². The summed E-state index contributed by atoms with van der Waals surface area (Å²) in [5.74, 6) is -0.527. The van der Waals surface area contributed by atoms with Crippen LogP contribution < -0.4 is 5.32 Å². The summed E-state index contributed by atoms with van der Waals surface area (Å²) >= 11 is 0. The zero-order chi connectivity index (χ0) is 17.7. The number of ketones is 1. The number of nitrogens with one attached hydrogen (secondary N) is 1. The molecule has 0 aromatic heterocycles. The number of rotatable bonds is 7. The number of carbonyl (C=O) groups excluding carboxylic acids is 1. The van der Waals surface area contributed by atoms with E-state index < -0.39 is 23.9 Å². The van der Waals surface area contributed by atoms with Gasteiger partial charge in [-0.2, -0.15) is 0 Å². The Labute approximate surface area is 140 Å². The molecule has 24 heavy (non-hydrogen) atoms. The molecular formula is C19H21F2NO2. The van der Waals surface area contributed by atoms with Gasteiger partial charge in [0.2, 0.25) is 0 Å². The van der Waals surface area contributed by atoms with Gasteiger partial charge in [-0.15, -0.1) is 0 Å². The zero-order valence-electron chi connectivity index (χ0n) is 13.7. The van der Waals surface area contributed by atoms with E-state index in [2.05, 4.69) is 5.32 Å². The smallest absolute Gasteiger partial charge is 0.268 e. The van der Waals surface area contributed by atoms with Gasteiger partial charge in [0.25, 0.3) is 6.43 Å². The maximum Gasteiger partial charge on any atom is 0.268 e. The van der Waals surface area contributed by atoms with Crippen LogP contribution in [0.2, 0.25) is 0 Å². The topological polar surface area (TPSA) is 49.3 Å². The summed E-state index contributed by atoms with van der Waals surface area (Å²) < 4.78 is 25.9. The van der Waals surface area contributed by atoms with Crippen LogP contribution in [0.3, 0.4) is 0 Å². The van der Waals surface area contributed by atoms with E-state index in [1.165, 1.54) is 6.92 Å². The predicted octanol–water partition coefficient (Wildman–Crippen LogP) is 3.42. The van der Waals surface area contributed by atoms with Gasteiger partial charge in [0.05, 0.1) is 0 Å². The molecule has 0 aliphatic rings. The fourth-order valence-electron chi connectivity index (χ4n) is 2.55. The van der Waals surface area contributed by atoms with Crippen LogP contribution in [-0.4, -0.2) is 29.0 Å². The van der Waals surface area contributed by atoms with Crippen molar-refractivity contribution in [1.29, 1.82) is 0 Å². The molecule has 2 rings (SSSR count). The van der Waals surface area contributed by atoms with Crippen LogP contribution in [0, 0.1) is 0 Å². The first-order chi connectivity index (χ1) is 11.3. The molecule has 0 heterocycles. The quantitative estimate of drug-likeness (QED) is 0.816. The molecule has 0 saturated carbocycles. The number of aliphatic hydroxyl groups is 1. The summed E-state index contributed by atoms with van der Waals surface area (Å²) in [6.45, 7) is 2.37. The summed E-state index contributed by atoms with van der Waals surface area (Å²) in [4.78, 5) is 11.6. The monoisotopic (exact) mass is 333 g/mol. The third-order valence-electron chi connectivity index (χ3n) is 4.00. The second-order valence-electron chi connectivity index (χ2n) is 6.01. The Hall–Kier alpha value is -2.11. The molecule has 2 atom stereocenters. The van der Waals surface area contributed by atoms with Crippen molar-refractivity contribution >= 4 is 5.78 Å². The van der Waals surface area contributed by atoms with Crippen molar-refractivity contribution < 1.29 is 18.7 Å². The van der Waals surface area contributed by atoms with Gasteiger partial charge in [-0.25, -0.2) is 8.78 Å². The van der Waals surface area contributed by atoms with Gasteiger partial charge in [0.1, 0.15) is 17.4 Å². The highest BCUT2D eigenvalue weighted by molar-refractivity contribution is 5.82. The van der Waals surface area contributed by atoms with Crippen LogP contribution in [0.15, 0.2) is 54.6 Å². The molecule has 0 radical (unpaired) electrons. The van der Waals surface area contributed by atoms with Crippen LogP contribution in [0.1, 0.15) is 19.4 Å². The van der Waals surface area contributed by atoms with Crippen LogP contribution in [0.5, 0.6) is 0 Å². The molecule has 0 amide bonds. The number of carbonyl (C=O) groups is 1. The standard InChI is InChI=1S/C19H21F2NO2/c1-13(23)17(19(2,24)18(20)21)22-12-14-8-10-16(11-9-14)15-6-4-3-5-7-15/h3-11,17-18,22,24H,12H2,1-2H3/t17-,19+/m1/s1. The summed E-state index contributed by atoms with van der Waals surface area (Å²) in [5, 5.41) is 12.6. The zero-order valence-corrected chi connectivity index (χ0v) is 13.7. The maximum atomic E-state index is 12.9. The molecule has 0 fully saturated rings. The lowest BCUT2D eigenvalue weighted by molar-refractivity contribution is -0.139. The Morgan fingerprint density at radius 2 is 1.62 bits per heavy atom. The number of benzene rings is 2. The lowest BCUT2D eigenvalue weighted by Crippen LogP contribution is -2.56. The Balaban J connectivity index is 2.07. The highest BCUT2D eigenvalue weighted by Gasteiger charge is 2.43. The average Bonchev–Trinajstić information content (AvgIpc) is 2.56.